The van der Waals surface area contributed by atoms with E-state index in [0.717, 1.165) is 19.0 Å². The summed E-state index contributed by atoms with van der Waals surface area (Å²) in [6, 6.07) is 6.91. The zero-order valence-electron chi connectivity index (χ0n) is 13.9. The molecule has 0 amide bonds. The van der Waals surface area contributed by atoms with Crippen molar-refractivity contribution in [2.45, 2.75) is 53.0 Å². The Bertz CT molecular complexity index is 487. The summed E-state index contributed by atoms with van der Waals surface area (Å²) in [6.07, 6.45) is 5.23. The third kappa shape index (κ3) is 3.26. The van der Waals surface area contributed by atoms with Gasteiger partial charge in [0.1, 0.15) is 0 Å². The number of hydrogen-bond acceptors (Lipinski definition) is 2. The summed E-state index contributed by atoms with van der Waals surface area (Å²) in [6.45, 7) is 11.8. The number of anilines is 1. The van der Waals surface area contributed by atoms with Gasteiger partial charge in [0.05, 0.1) is 0 Å². The summed E-state index contributed by atoms with van der Waals surface area (Å²) in [5, 5.41) is 3.54. The van der Waals surface area contributed by atoms with Crippen LogP contribution in [0, 0.1) is 11.3 Å². The van der Waals surface area contributed by atoms with E-state index in [1.807, 2.05) is 0 Å². The van der Waals surface area contributed by atoms with E-state index in [-0.39, 0.29) is 0 Å². The van der Waals surface area contributed by atoms with Gasteiger partial charge in [-0.05, 0) is 60.8 Å². The van der Waals surface area contributed by atoms with Gasteiger partial charge in [-0.3, -0.25) is 0 Å². The molecule has 1 N–H and O–H groups in total. The van der Waals surface area contributed by atoms with Crippen molar-refractivity contribution in [3.05, 3.63) is 29.3 Å². The highest BCUT2D eigenvalue weighted by molar-refractivity contribution is 5.57. The average molecular weight is 286 g/mol. The third-order valence-electron chi connectivity index (χ3n) is 5.41. The van der Waals surface area contributed by atoms with Crippen molar-refractivity contribution >= 4 is 5.69 Å². The van der Waals surface area contributed by atoms with Gasteiger partial charge in [0, 0.05) is 25.3 Å². The Balaban J connectivity index is 1.79. The van der Waals surface area contributed by atoms with E-state index < -0.39 is 0 Å². The lowest BCUT2D eigenvalue weighted by Gasteiger charge is -2.31. The van der Waals surface area contributed by atoms with Crippen molar-refractivity contribution in [2.75, 3.05) is 24.5 Å². The molecule has 2 heteroatoms. The van der Waals surface area contributed by atoms with Crippen LogP contribution in [0.2, 0.25) is 0 Å². The lowest BCUT2D eigenvalue weighted by molar-refractivity contribution is 0.220. The van der Waals surface area contributed by atoms with Crippen molar-refractivity contribution in [1.29, 1.82) is 0 Å². The highest BCUT2D eigenvalue weighted by Crippen LogP contribution is 2.36. The highest BCUT2D eigenvalue weighted by atomic mass is 15.1. The minimum Gasteiger partial charge on any atom is -0.371 e. The number of nitrogens with zero attached hydrogens (tertiary/aromatic N) is 1. The largest absolute Gasteiger partial charge is 0.371 e. The second kappa shape index (κ2) is 6.00. The van der Waals surface area contributed by atoms with E-state index in [4.69, 9.17) is 0 Å². The van der Waals surface area contributed by atoms with Crippen LogP contribution in [-0.4, -0.2) is 19.6 Å². The normalized spacial score (nSPS) is 23.6. The molecule has 1 fully saturated rings. The number of rotatable bonds is 1. The van der Waals surface area contributed by atoms with Gasteiger partial charge < -0.3 is 10.2 Å². The third-order valence-corrected chi connectivity index (χ3v) is 5.41. The molecule has 2 aliphatic rings. The van der Waals surface area contributed by atoms with E-state index in [1.54, 1.807) is 11.1 Å². The van der Waals surface area contributed by atoms with Crippen LogP contribution in [0.1, 0.15) is 51.2 Å². The molecule has 21 heavy (non-hydrogen) atoms. The van der Waals surface area contributed by atoms with Gasteiger partial charge >= 0.3 is 0 Å². The molecule has 0 radical (unpaired) electrons. The first kappa shape index (κ1) is 14.9. The van der Waals surface area contributed by atoms with Crippen molar-refractivity contribution in [3.63, 3.8) is 0 Å². The molecular weight excluding hydrogens is 256 g/mol. The maximum absolute atomic E-state index is 3.54. The van der Waals surface area contributed by atoms with Crippen molar-refractivity contribution in [3.8, 4) is 0 Å². The molecule has 0 bridgehead atoms. The molecule has 116 valence electrons. The Labute approximate surface area is 129 Å². The molecule has 1 unspecified atom stereocenters. The zero-order valence-corrected chi connectivity index (χ0v) is 13.9. The molecule has 0 saturated carbocycles. The van der Waals surface area contributed by atoms with E-state index in [2.05, 4.69) is 49.2 Å². The summed E-state index contributed by atoms with van der Waals surface area (Å²) in [5.41, 5.74) is 5.06. The van der Waals surface area contributed by atoms with Gasteiger partial charge in [0.2, 0.25) is 0 Å². The molecule has 2 heterocycles. The van der Waals surface area contributed by atoms with Crippen LogP contribution in [-0.2, 0) is 13.0 Å². The van der Waals surface area contributed by atoms with E-state index in [9.17, 15) is 0 Å². The Kier molecular flexibility index (Phi) is 4.26. The lowest BCUT2D eigenvalue weighted by atomic mass is 9.77. The molecule has 1 aromatic rings. The average Bonchev–Trinajstić information content (AvgIpc) is 2.72. The van der Waals surface area contributed by atoms with Gasteiger partial charge in [-0.15, -0.1) is 0 Å². The number of benzene rings is 1. The van der Waals surface area contributed by atoms with Crippen LogP contribution in [0.15, 0.2) is 18.2 Å². The fraction of sp³-hybridized carbons (Fsp3) is 0.684. The van der Waals surface area contributed by atoms with Gasteiger partial charge in [-0.1, -0.05) is 32.9 Å². The zero-order chi connectivity index (χ0) is 14.9. The van der Waals surface area contributed by atoms with Crippen molar-refractivity contribution in [1.82, 2.24) is 5.32 Å². The molecule has 2 aliphatic heterocycles. The Morgan fingerprint density at radius 3 is 2.81 bits per heavy atom. The van der Waals surface area contributed by atoms with Gasteiger partial charge in [0.15, 0.2) is 0 Å². The van der Waals surface area contributed by atoms with Crippen LogP contribution in [0.25, 0.3) is 0 Å². The first-order valence-corrected chi connectivity index (χ1v) is 8.62. The van der Waals surface area contributed by atoms with Crippen LogP contribution >= 0.6 is 0 Å². The predicted octanol–water partition coefficient (Wildman–Crippen LogP) is 3.98. The van der Waals surface area contributed by atoms with Crippen LogP contribution < -0.4 is 10.2 Å². The predicted molar refractivity (Wildman–Crippen MR) is 90.9 cm³/mol. The van der Waals surface area contributed by atoms with Crippen molar-refractivity contribution < 1.29 is 0 Å². The van der Waals surface area contributed by atoms with Crippen molar-refractivity contribution in [2.24, 2.45) is 11.3 Å². The van der Waals surface area contributed by atoms with E-state index in [1.165, 1.54) is 44.5 Å². The number of hydrogen-bond donors (Lipinski definition) is 1. The fourth-order valence-electron chi connectivity index (χ4n) is 4.00. The molecule has 0 aromatic heterocycles. The summed E-state index contributed by atoms with van der Waals surface area (Å²) in [4.78, 5) is 2.65. The minimum absolute atomic E-state index is 0.452. The summed E-state index contributed by atoms with van der Waals surface area (Å²) >= 11 is 0. The minimum atomic E-state index is 0.452. The summed E-state index contributed by atoms with van der Waals surface area (Å²) < 4.78 is 0. The quantitative estimate of drug-likeness (QED) is 0.840. The Hall–Kier alpha value is -1.02. The standard InChI is InChI=1S/C19H30N2/c1-19(2,3)16-7-5-12-21(13-10-16)18-8-4-6-15-9-11-20-14-17(15)18/h4,6,8,16,20H,5,7,9-14H2,1-3H3. The Morgan fingerprint density at radius 1 is 1.14 bits per heavy atom. The molecule has 1 aromatic carbocycles. The van der Waals surface area contributed by atoms with E-state index >= 15 is 0 Å². The van der Waals surface area contributed by atoms with Gasteiger partial charge in [-0.25, -0.2) is 0 Å². The highest BCUT2D eigenvalue weighted by Gasteiger charge is 2.28. The maximum atomic E-state index is 3.54. The summed E-state index contributed by atoms with van der Waals surface area (Å²) in [5.74, 6) is 0.861. The lowest BCUT2D eigenvalue weighted by Crippen LogP contribution is -2.30. The first-order chi connectivity index (χ1) is 10.1. The first-order valence-electron chi connectivity index (χ1n) is 8.62. The van der Waals surface area contributed by atoms with Crippen LogP contribution in [0.5, 0.6) is 0 Å². The number of nitrogens with one attached hydrogen (secondary N) is 1. The molecule has 3 rings (SSSR count). The van der Waals surface area contributed by atoms with Crippen LogP contribution in [0.3, 0.4) is 0 Å². The second-order valence-electron chi connectivity index (χ2n) is 7.82. The molecule has 1 atom stereocenters. The molecule has 1 saturated heterocycles. The fourth-order valence-corrected chi connectivity index (χ4v) is 4.00. The van der Waals surface area contributed by atoms with Crippen LogP contribution in [0.4, 0.5) is 5.69 Å². The number of fused-ring (bicyclic) bond motifs is 1. The second-order valence-corrected chi connectivity index (χ2v) is 7.82. The summed E-state index contributed by atoms with van der Waals surface area (Å²) in [7, 11) is 0. The van der Waals surface area contributed by atoms with Gasteiger partial charge in [-0.2, -0.15) is 0 Å². The smallest absolute Gasteiger partial charge is 0.0414 e. The topological polar surface area (TPSA) is 15.3 Å². The van der Waals surface area contributed by atoms with E-state index in [0.29, 0.717) is 5.41 Å². The monoisotopic (exact) mass is 286 g/mol. The maximum Gasteiger partial charge on any atom is 0.0414 e. The molecule has 0 spiro atoms. The SMILES string of the molecule is CC(C)(C)C1CCCN(c2cccc3c2CNCC3)CC1. The van der Waals surface area contributed by atoms with Gasteiger partial charge in [0.25, 0.3) is 0 Å². The Morgan fingerprint density at radius 2 is 2.00 bits per heavy atom. The molecule has 2 nitrogen and oxygen atoms in total. The molecule has 0 aliphatic carbocycles. The molecular formula is C19H30N2.